The van der Waals surface area contributed by atoms with Crippen molar-refractivity contribution >= 4 is 0 Å². The highest BCUT2D eigenvalue weighted by Gasteiger charge is 2.51. The molecule has 2 fully saturated rings. The molecule has 2 aliphatic rings. The molecule has 190 valence electrons. The van der Waals surface area contributed by atoms with Crippen molar-refractivity contribution in [1.29, 1.82) is 0 Å². The monoisotopic (exact) mass is 468 g/mol. The average Bonchev–Trinajstić information content (AvgIpc) is 2.78. The summed E-state index contributed by atoms with van der Waals surface area (Å²) in [6.07, 6.45) is -8.51. The van der Waals surface area contributed by atoms with Crippen LogP contribution in [0.1, 0.15) is 52.4 Å². The van der Waals surface area contributed by atoms with Crippen molar-refractivity contribution in [3.63, 3.8) is 0 Å². The van der Waals surface area contributed by atoms with Gasteiger partial charge in [-0.2, -0.15) is 0 Å². The topological polar surface area (TPSA) is 179 Å². The lowest BCUT2D eigenvalue weighted by atomic mass is 9.97. The molecule has 0 bridgehead atoms. The molecule has 11 heteroatoms. The van der Waals surface area contributed by atoms with E-state index < -0.39 is 74.6 Å². The Morgan fingerprint density at radius 3 is 1.88 bits per heavy atom. The molecule has 0 spiro atoms. The number of aliphatic hydroxyl groups excluding tert-OH is 7. The van der Waals surface area contributed by atoms with Crippen LogP contribution in [-0.4, -0.2) is 116 Å². The lowest BCUT2D eigenvalue weighted by molar-refractivity contribution is -0.371. The molecular formula is C21H40O11. The van der Waals surface area contributed by atoms with Gasteiger partial charge in [-0.05, 0) is 13.3 Å². The lowest BCUT2D eigenvalue weighted by Crippen LogP contribution is -2.64. The van der Waals surface area contributed by atoms with E-state index in [1.165, 1.54) is 0 Å². The van der Waals surface area contributed by atoms with Crippen LogP contribution in [0.5, 0.6) is 0 Å². The molecule has 0 radical (unpaired) electrons. The van der Waals surface area contributed by atoms with Gasteiger partial charge in [-0.3, -0.25) is 0 Å². The summed E-state index contributed by atoms with van der Waals surface area (Å²) in [6.45, 7) is 2.77. The van der Waals surface area contributed by atoms with E-state index in [9.17, 15) is 35.7 Å². The van der Waals surface area contributed by atoms with Gasteiger partial charge in [0.15, 0.2) is 12.6 Å². The van der Waals surface area contributed by atoms with Gasteiger partial charge in [0.1, 0.15) is 48.8 Å². The maximum atomic E-state index is 10.6. The highest BCUT2D eigenvalue weighted by Crippen LogP contribution is 2.30. The summed E-state index contributed by atoms with van der Waals surface area (Å²) >= 11 is 0. The highest BCUT2D eigenvalue weighted by molar-refractivity contribution is 4.93. The van der Waals surface area contributed by atoms with E-state index in [2.05, 4.69) is 6.92 Å². The summed E-state index contributed by atoms with van der Waals surface area (Å²) in [6, 6.07) is 0. The molecule has 0 amide bonds. The maximum absolute atomic E-state index is 10.6. The molecule has 11 atom stereocenters. The Kier molecular flexibility index (Phi) is 11.7. The summed E-state index contributed by atoms with van der Waals surface area (Å²) in [7, 11) is 0. The Labute approximate surface area is 188 Å². The van der Waals surface area contributed by atoms with Crippen LogP contribution >= 0.6 is 0 Å². The molecule has 2 aliphatic heterocycles. The largest absolute Gasteiger partial charge is 0.394 e. The van der Waals surface area contributed by atoms with Gasteiger partial charge in [-0.1, -0.05) is 39.0 Å². The zero-order valence-corrected chi connectivity index (χ0v) is 18.8. The van der Waals surface area contributed by atoms with Crippen LogP contribution < -0.4 is 0 Å². The number of unbranched alkanes of at least 4 members (excludes halogenated alkanes) is 4. The van der Waals surface area contributed by atoms with Crippen molar-refractivity contribution < 1.29 is 54.7 Å². The minimum Gasteiger partial charge on any atom is -0.394 e. The number of rotatable bonds is 12. The van der Waals surface area contributed by atoms with Crippen LogP contribution in [0.2, 0.25) is 0 Å². The Hall–Kier alpha value is -0.440. The SMILES string of the molecule is CCCCCCCC(C)OC1OC(CO)C(O)C(O)C1OC1OC(CO)C(O)C(O)C1O. The van der Waals surface area contributed by atoms with Gasteiger partial charge in [0.25, 0.3) is 0 Å². The standard InChI is InChI=1S/C21H40O11/c1-3-4-5-6-7-8-11(2)29-21-19(17(27)15(25)13(10-23)31-21)32-20-18(28)16(26)14(24)12(9-22)30-20/h11-28H,3-10H2,1-2H3. The molecule has 0 aromatic heterocycles. The molecule has 0 aliphatic carbocycles. The second-order valence-electron chi connectivity index (χ2n) is 8.65. The fourth-order valence-electron chi connectivity index (χ4n) is 3.98. The van der Waals surface area contributed by atoms with Crippen molar-refractivity contribution in [2.24, 2.45) is 0 Å². The molecule has 2 saturated heterocycles. The van der Waals surface area contributed by atoms with Gasteiger partial charge in [0, 0.05) is 0 Å². The van der Waals surface area contributed by atoms with Crippen molar-refractivity contribution in [2.45, 2.75) is 120 Å². The average molecular weight is 469 g/mol. The van der Waals surface area contributed by atoms with Crippen LogP contribution in [0, 0.1) is 0 Å². The molecule has 7 N–H and O–H groups in total. The smallest absolute Gasteiger partial charge is 0.187 e. The van der Waals surface area contributed by atoms with E-state index in [0.29, 0.717) is 0 Å². The molecule has 2 rings (SSSR count). The minimum absolute atomic E-state index is 0.288. The van der Waals surface area contributed by atoms with Gasteiger partial charge in [0.05, 0.1) is 19.3 Å². The first-order valence-corrected chi connectivity index (χ1v) is 11.5. The summed E-state index contributed by atoms with van der Waals surface area (Å²) in [5, 5.41) is 69.9. The second kappa shape index (κ2) is 13.4. The number of hydrogen-bond acceptors (Lipinski definition) is 11. The molecule has 0 aromatic carbocycles. The third kappa shape index (κ3) is 7.03. The van der Waals surface area contributed by atoms with Gasteiger partial charge in [-0.25, -0.2) is 0 Å². The first-order chi connectivity index (χ1) is 15.2. The van der Waals surface area contributed by atoms with Crippen molar-refractivity contribution in [3.05, 3.63) is 0 Å². The molecule has 32 heavy (non-hydrogen) atoms. The number of aliphatic hydroxyl groups is 7. The third-order valence-corrected chi connectivity index (χ3v) is 6.04. The number of ether oxygens (including phenoxy) is 4. The molecule has 11 nitrogen and oxygen atoms in total. The normalized spacial score (nSPS) is 41.5. The summed E-state index contributed by atoms with van der Waals surface area (Å²) < 4.78 is 22.5. The summed E-state index contributed by atoms with van der Waals surface area (Å²) in [4.78, 5) is 0. The Balaban J connectivity index is 2.06. The fraction of sp³-hybridized carbons (Fsp3) is 1.00. The highest BCUT2D eigenvalue weighted by atomic mass is 16.8. The Bertz CT molecular complexity index is 522. The van der Waals surface area contributed by atoms with E-state index in [1.807, 2.05) is 6.92 Å². The van der Waals surface area contributed by atoms with Gasteiger partial charge in [-0.15, -0.1) is 0 Å². The molecule has 2 heterocycles. The predicted molar refractivity (Wildman–Crippen MR) is 110 cm³/mol. The Morgan fingerprint density at radius 1 is 0.719 bits per heavy atom. The molecular weight excluding hydrogens is 428 g/mol. The van der Waals surface area contributed by atoms with Crippen molar-refractivity contribution in [1.82, 2.24) is 0 Å². The predicted octanol–water partition coefficient (Wildman–Crippen LogP) is -1.62. The fourth-order valence-corrected chi connectivity index (χ4v) is 3.98. The van der Waals surface area contributed by atoms with Crippen LogP contribution in [0.15, 0.2) is 0 Å². The first kappa shape index (κ1) is 27.8. The molecule has 0 saturated carbocycles. The van der Waals surface area contributed by atoms with Crippen LogP contribution in [0.3, 0.4) is 0 Å². The summed E-state index contributed by atoms with van der Waals surface area (Å²) in [5.74, 6) is 0. The van der Waals surface area contributed by atoms with Crippen molar-refractivity contribution in [2.75, 3.05) is 13.2 Å². The van der Waals surface area contributed by atoms with Gasteiger partial charge >= 0.3 is 0 Å². The zero-order chi connectivity index (χ0) is 23.8. The second-order valence-corrected chi connectivity index (χ2v) is 8.65. The van der Waals surface area contributed by atoms with E-state index in [-0.39, 0.29) is 6.10 Å². The van der Waals surface area contributed by atoms with E-state index in [4.69, 9.17) is 18.9 Å². The van der Waals surface area contributed by atoms with E-state index in [1.54, 1.807) is 0 Å². The quantitative estimate of drug-likeness (QED) is 0.164. The van der Waals surface area contributed by atoms with Gasteiger partial charge < -0.3 is 54.7 Å². The zero-order valence-electron chi connectivity index (χ0n) is 18.8. The van der Waals surface area contributed by atoms with Crippen LogP contribution in [0.25, 0.3) is 0 Å². The first-order valence-electron chi connectivity index (χ1n) is 11.5. The molecule has 11 unspecified atom stereocenters. The van der Waals surface area contributed by atoms with Gasteiger partial charge in [0.2, 0.25) is 0 Å². The van der Waals surface area contributed by atoms with Crippen LogP contribution in [-0.2, 0) is 18.9 Å². The van der Waals surface area contributed by atoms with E-state index in [0.717, 1.165) is 38.5 Å². The maximum Gasteiger partial charge on any atom is 0.187 e. The number of hydrogen-bond donors (Lipinski definition) is 7. The van der Waals surface area contributed by atoms with Crippen molar-refractivity contribution in [3.8, 4) is 0 Å². The minimum atomic E-state index is -1.69. The lowest BCUT2D eigenvalue weighted by Gasteiger charge is -2.46. The third-order valence-electron chi connectivity index (χ3n) is 6.04. The summed E-state index contributed by atoms with van der Waals surface area (Å²) in [5.41, 5.74) is 0. The molecule has 0 aromatic rings. The Morgan fingerprint density at radius 2 is 1.28 bits per heavy atom. The van der Waals surface area contributed by atoms with Crippen LogP contribution in [0.4, 0.5) is 0 Å². The van der Waals surface area contributed by atoms with E-state index >= 15 is 0 Å².